The summed E-state index contributed by atoms with van der Waals surface area (Å²) in [6, 6.07) is 20.6. The van der Waals surface area contributed by atoms with Gasteiger partial charge in [0, 0.05) is 19.0 Å². The highest BCUT2D eigenvalue weighted by Gasteiger charge is 2.58. The summed E-state index contributed by atoms with van der Waals surface area (Å²) in [7, 11) is 0. The van der Waals surface area contributed by atoms with Crippen molar-refractivity contribution in [3.05, 3.63) is 83.4 Å². The summed E-state index contributed by atoms with van der Waals surface area (Å²) < 4.78 is 20.2. The van der Waals surface area contributed by atoms with Gasteiger partial charge >= 0.3 is 0 Å². The van der Waals surface area contributed by atoms with Gasteiger partial charge in [-0.25, -0.2) is 4.98 Å². The van der Waals surface area contributed by atoms with E-state index in [0.29, 0.717) is 30.1 Å². The molecule has 0 spiro atoms. The van der Waals surface area contributed by atoms with E-state index >= 15 is 0 Å². The van der Waals surface area contributed by atoms with Crippen molar-refractivity contribution >= 4 is 34.5 Å². The number of rotatable bonds is 8. The molecule has 4 aromatic rings. The Morgan fingerprint density at radius 3 is 2.33 bits per heavy atom. The molecule has 40 heavy (non-hydrogen) atoms. The highest BCUT2D eigenvalue weighted by atomic mass is 35.5. The number of carbonyl (C=O) groups excluding carboxylic acids is 1. The van der Waals surface area contributed by atoms with Crippen molar-refractivity contribution in [3.8, 4) is 0 Å². The van der Waals surface area contributed by atoms with Gasteiger partial charge < -0.3 is 24.8 Å². The fraction of sp³-hybridized carbons (Fsp3) is 0.379. The van der Waals surface area contributed by atoms with Crippen LogP contribution >= 0.6 is 11.6 Å². The molecule has 0 aliphatic carbocycles. The monoisotopic (exact) mass is 562 g/mol. The molecule has 2 aromatic carbocycles. The summed E-state index contributed by atoms with van der Waals surface area (Å²) in [5.74, 6) is -0.559. The van der Waals surface area contributed by atoms with Crippen LogP contribution in [0.2, 0.25) is 5.28 Å². The van der Waals surface area contributed by atoms with Gasteiger partial charge in [-0.2, -0.15) is 9.97 Å². The number of aromatic nitrogens is 4. The minimum absolute atomic E-state index is 0.0615. The van der Waals surface area contributed by atoms with E-state index in [4.69, 9.17) is 25.8 Å². The standard InChI is InChI=1S/C29H31ClN6O4/c1-4-31-26(37)22-21-23(40-29(2,3)39-21)27(38-22)36-16-33-20-24(34-28(30)35-25(20)36)32-15-19(17-11-7-5-8-12-17)18-13-9-6-10-14-18/h5-14,16,19,21-23,27H,4,15H2,1-3H3,(H,31,37)(H,32,34,35)/t21-,22-,23+,27+/m0/s1. The van der Waals surface area contributed by atoms with Crippen LogP contribution in [-0.2, 0) is 19.0 Å². The van der Waals surface area contributed by atoms with Crippen molar-refractivity contribution in [3.63, 3.8) is 0 Å². The molecule has 2 N–H and O–H groups in total. The summed E-state index contributed by atoms with van der Waals surface area (Å²) in [5.41, 5.74) is 3.34. The van der Waals surface area contributed by atoms with Crippen LogP contribution in [0.4, 0.5) is 5.82 Å². The van der Waals surface area contributed by atoms with Crippen LogP contribution in [0.5, 0.6) is 0 Å². The number of amides is 1. The summed E-state index contributed by atoms with van der Waals surface area (Å²) in [5, 5.41) is 6.34. The molecule has 2 saturated heterocycles. The van der Waals surface area contributed by atoms with E-state index in [1.165, 1.54) is 11.1 Å². The number of imidazole rings is 1. The molecule has 2 aromatic heterocycles. The highest BCUT2D eigenvalue weighted by Crippen LogP contribution is 2.44. The molecular weight excluding hydrogens is 532 g/mol. The predicted molar refractivity (Wildman–Crippen MR) is 150 cm³/mol. The number of halogens is 1. The van der Waals surface area contributed by atoms with Crippen molar-refractivity contribution in [1.29, 1.82) is 0 Å². The highest BCUT2D eigenvalue weighted by molar-refractivity contribution is 6.28. The molecule has 0 radical (unpaired) electrons. The number of fused-ring (bicyclic) bond motifs is 2. The zero-order valence-electron chi connectivity index (χ0n) is 22.5. The number of anilines is 1. The summed E-state index contributed by atoms with van der Waals surface area (Å²) >= 11 is 6.42. The summed E-state index contributed by atoms with van der Waals surface area (Å²) in [6.07, 6.45) is -1.07. The number of nitrogens with zero attached hydrogens (tertiary/aromatic N) is 4. The lowest BCUT2D eigenvalue weighted by Gasteiger charge is -2.24. The molecule has 10 nitrogen and oxygen atoms in total. The Hall–Kier alpha value is -3.57. The van der Waals surface area contributed by atoms with E-state index in [-0.39, 0.29) is 17.1 Å². The van der Waals surface area contributed by atoms with Gasteiger partial charge in [-0.3, -0.25) is 9.36 Å². The number of hydrogen-bond donors (Lipinski definition) is 2. The topological polar surface area (TPSA) is 112 Å². The third-order valence-electron chi connectivity index (χ3n) is 7.18. The fourth-order valence-electron chi connectivity index (χ4n) is 5.48. The second-order valence-electron chi connectivity index (χ2n) is 10.3. The first-order chi connectivity index (χ1) is 19.3. The molecule has 4 atom stereocenters. The lowest BCUT2D eigenvalue weighted by atomic mass is 9.91. The molecule has 11 heteroatoms. The normalized spacial score (nSPS) is 23.4. The Morgan fingerprint density at radius 2 is 1.68 bits per heavy atom. The Morgan fingerprint density at radius 1 is 1.02 bits per heavy atom. The van der Waals surface area contributed by atoms with Crippen LogP contribution in [-0.4, -0.2) is 62.6 Å². The van der Waals surface area contributed by atoms with E-state index < -0.39 is 30.3 Å². The van der Waals surface area contributed by atoms with Gasteiger partial charge in [0.1, 0.15) is 12.2 Å². The third kappa shape index (κ3) is 5.03. The molecule has 2 fully saturated rings. The van der Waals surface area contributed by atoms with Gasteiger partial charge in [0.25, 0.3) is 5.91 Å². The quantitative estimate of drug-likeness (QED) is 0.306. The van der Waals surface area contributed by atoms with Gasteiger partial charge in [0.15, 0.2) is 35.1 Å². The predicted octanol–water partition coefficient (Wildman–Crippen LogP) is 4.28. The summed E-state index contributed by atoms with van der Waals surface area (Å²) in [6.45, 7) is 6.52. The van der Waals surface area contributed by atoms with Gasteiger partial charge in [-0.1, -0.05) is 60.7 Å². The van der Waals surface area contributed by atoms with E-state index in [1.807, 2.05) is 57.2 Å². The van der Waals surface area contributed by atoms with Crippen LogP contribution in [0, 0.1) is 0 Å². The van der Waals surface area contributed by atoms with Crippen molar-refractivity contribution in [2.24, 2.45) is 0 Å². The number of likely N-dealkylation sites (N-methyl/N-ethyl adjacent to an activating group) is 1. The van der Waals surface area contributed by atoms with Crippen molar-refractivity contribution in [2.75, 3.05) is 18.4 Å². The molecule has 1 amide bonds. The minimum atomic E-state index is -0.873. The molecule has 6 rings (SSSR count). The average molecular weight is 563 g/mol. The van der Waals surface area contributed by atoms with Crippen LogP contribution < -0.4 is 10.6 Å². The van der Waals surface area contributed by atoms with Gasteiger partial charge in [0.2, 0.25) is 5.28 Å². The molecular formula is C29H31ClN6O4. The number of carbonyl (C=O) groups is 1. The maximum atomic E-state index is 12.8. The Bertz CT molecular complexity index is 1460. The number of nitrogens with one attached hydrogen (secondary N) is 2. The van der Waals surface area contributed by atoms with Crippen LogP contribution in [0.25, 0.3) is 11.2 Å². The first-order valence-corrected chi connectivity index (χ1v) is 13.7. The molecule has 2 aliphatic heterocycles. The van der Waals surface area contributed by atoms with E-state index in [2.05, 4.69) is 49.9 Å². The van der Waals surface area contributed by atoms with E-state index in [9.17, 15) is 4.79 Å². The first-order valence-electron chi connectivity index (χ1n) is 13.4. The van der Waals surface area contributed by atoms with Crippen LogP contribution in [0.15, 0.2) is 67.0 Å². The average Bonchev–Trinajstić information content (AvgIpc) is 3.60. The Kier molecular flexibility index (Phi) is 7.18. The molecule has 0 bridgehead atoms. The van der Waals surface area contributed by atoms with E-state index in [0.717, 1.165) is 0 Å². The fourth-order valence-corrected chi connectivity index (χ4v) is 5.65. The lowest BCUT2D eigenvalue weighted by Crippen LogP contribution is -2.42. The third-order valence-corrected chi connectivity index (χ3v) is 7.35. The van der Waals surface area contributed by atoms with Crippen LogP contribution in [0.3, 0.4) is 0 Å². The number of hydrogen-bond acceptors (Lipinski definition) is 8. The molecule has 4 heterocycles. The Labute approximate surface area is 237 Å². The molecule has 2 aliphatic rings. The second-order valence-corrected chi connectivity index (χ2v) is 10.7. The molecule has 0 unspecified atom stereocenters. The van der Waals surface area contributed by atoms with Crippen molar-refractivity contribution in [2.45, 2.75) is 57.0 Å². The zero-order chi connectivity index (χ0) is 27.9. The van der Waals surface area contributed by atoms with Crippen molar-refractivity contribution < 1.29 is 19.0 Å². The first kappa shape index (κ1) is 26.6. The molecule has 0 saturated carbocycles. The SMILES string of the molecule is CCNC(=O)[C@H]1O[C@@H](n2cnc3c(NCC(c4ccccc4)c4ccccc4)nc(Cl)nc32)[C@@H]2OC(C)(C)O[C@H]21. The Balaban J connectivity index is 1.32. The largest absolute Gasteiger partial charge is 0.367 e. The minimum Gasteiger partial charge on any atom is -0.367 e. The maximum Gasteiger partial charge on any atom is 0.252 e. The maximum absolute atomic E-state index is 12.8. The second kappa shape index (κ2) is 10.8. The summed E-state index contributed by atoms with van der Waals surface area (Å²) in [4.78, 5) is 26.4. The molecule has 208 valence electrons. The number of benzene rings is 2. The number of ether oxygens (including phenoxy) is 3. The lowest BCUT2D eigenvalue weighted by molar-refractivity contribution is -0.197. The van der Waals surface area contributed by atoms with Gasteiger partial charge in [-0.15, -0.1) is 0 Å². The zero-order valence-corrected chi connectivity index (χ0v) is 23.2. The van der Waals surface area contributed by atoms with Crippen LogP contribution in [0.1, 0.15) is 44.0 Å². The smallest absolute Gasteiger partial charge is 0.252 e. The van der Waals surface area contributed by atoms with Gasteiger partial charge in [-0.05, 0) is 43.5 Å². The van der Waals surface area contributed by atoms with Gasteiger partial charge in [0.05, 0.1) is 6.33 Å². The van der Waals surface area contributed by atoms with Crippen molar-refractivity contribution in [1.82, 2.24) is 24.8 Å². The van der Waals surface area contributed by atoms with E-state index in [1.54, 1.807) is 10.9 Å².